The van der Waals surface area contributed by atoms with E-state index < -0.39 is 5.82 Å². The van der Waals surface area contributed by atoms with Gasteiger partial charge in [-0.2, -0.15) is 0 Å². The Morgan fingerprint density at radius 1 is 1.33 bits per heavy atom. The van der Waals surface area contributed by atoms with Gasteiger partial charge in [0, 0.05) is 45.2 Å². The van der Waals surface area contributed by atoms with E-state index >= 15 is 0 Å². The van der Waals surface area contributed by atoms with Gasteiger partial charge in [0.15, 0.2) is 11.6 Å². The van der Waals surface area contributed by atoms with Crippen molar-refractivity contribution in [2.75, 3.05) is 43.4 Å². The first-order chi connectivity index (χ1) is 10.0. The number of anilines is 2. The molecule has 0 radical (unpaired) electrons. The molecule has 2 rings (SSSR count). The largest absolute Gasteiger partial charge is 0.491 e. The maximum Gasteiger partial charge on any atom is 0.219 e. The van der Waals surface area contributed by atoms with Crippen LogP contribution >= 0.6 is 0 Å². The molecule has 1 aliphatic heterocycles. The molecule has 1 saturated heterocycles. The van der Waals surface area contributed by atoms with Gasteiger partial charge in [0.2, 0.25) is 5.91 Å². The molecular formula is C15H22FN3O2. The molecule has 5 nitrogen and oxygen atoms in total. The van der Waals surface area contributed by atoms with Crippen LogP contribution in [-0.4, -0.2) is 43.6 Å². The number of amides is 1. The molecule has 1 aromatic rings. The number of rotatable bonds is 3. The number of benzene rings is 1. The van der Waals surface area contributed by atoms with Gasteiger partial charge in [-0.15, -0.1) is 0 Å². The lowest BCUT2D eigenvalue weighted by molar-refractivity contribution is -0.128. The lowest BCUT2D eigenvalue weighted by Gasteiger charge is -2.25. The van der Waals surface area contributed by atoms with Gasteiger partial charge in [0.05, 0.1) is 18.0 Å². The minimum absolute atomic E-state index is 0.0823. The summed E-state index contributed by atoms with van der Waals surface area (Å²) in [7, 11) is 0. The van der Waals surface area contributed by atoms with E-state index in [1.165, 1.54) is 6.07 Å². The summed E-state index contributed by atoms with van der Waals surface area (Å²) in [6.07, 6.45) is 0.861. The second-order valence-electron chi connectivity index (χ2n) is 5.12. The molecule has 0 bridgehead atoms. The number of halogens is 1. The Labute approximate surface area is 124 Å². The van der Waals surface area contributed by atoms with Crippen LogP contribution in [0, 0.1) is 5.82 Å². The Balaban J connectivity index is 2.21. The highest BCUT2D eigenvalue weighted by molar-refractivity contribution is 5.74. The molecule has 21 heavy (non-hydrogen) atoms. The first-order valence-corrected chi connectivity index (χ1v) is 7.25. The average molecular weight is 295 g/mol. The maximum atomic E-state index is 13.8. The summed E-state index contributed by atoms with van der Waals surface area (Å²) in [6.45, 7) is 6.65. The van der Waals surface area contributed by atoms with Gasteiger partial charge in [0.25, 0.3) is 0 Å². The highest BCUT2D eigenvalue weighted by atomic mass is 19.1. The Bertz CT molecular complexity index is 522. The van der Waals surface area contributed by atoms with Crippen LogP contribution in [0.25, 0.3) is 0 Å². The SMILES string of the molecule is CCOc1cc(N2CCCN(C(C)=O)CC2)c(N)cc1F. The summed E-state index contributed by atoms with van der Waals surface area (Å²) >= 11 is 0. The van der Waals surface area contributed by atoms with E-state index in [1.807, 2.05) is 11.8 Å². The Hall–Kier alpha value is -1.98. The van der Waals surface area contributed by atoms with Crippen LogP contribution in [0.1, 0.15) is 20.3 Å². The van der Waals surface area contributed by atoms with Gasteiger partial charge in [0.1, 0.15) is 0 Å². The third-order valence-electron chi connectivity index (χ3n) is 3.66. The zero-order chi connectivity index (χ0) is 15.4. The van der Waals surface area contributed by atoms with Crippen LogP contribution in [0.2, 0.25) is 0 Å². The topological polar surface area (TPSA) is 58.8 Å². The van der Waals surface area contributed by atoms with Crippen LogP contribution in [0.5, 0.6) is 5.75 Å². The lowest BCUT2D eigenvalue weighted by atomic mass is 10.2. The Kier molecular flexibility index (Phi) is 4.88. The third kappa shape index (κ3) is 3.56. The fraction of sp³-hybridized carbons (Fsp3) is 0.533. The van der Waals surface area contributed by atoms with Crippen molar-refractivity contribution in [1.82, 2.24) is 4.90 Å². The predicted octanol–water partition coefficient (Wildman–Crippen LogP) is 1.87. The second-order valence-corrected chi connectivity index (χ2v) is 5.12. The summed E-state index contributed by atoms with van der Waals surface area (Å²) in [4.78, 5) is 15.4. The first kappa shape index (κ1) is 15.4. The van der Waals surface area contributed by atoms with Crippen molar-refractivity contribution in [2.24, 2.45) is 0 Å². The van der Waals surface area contributed by atoms with E-state index in [0.717, 1.165) is 25.2 Å². The van der Waals surface area contributed by atoms with Gasteiger partial charge < -0.3 is 20.3 Å². The van der Waals surface area contributed by atoms with Gasteiger partial charge in [-0.3, -0.25) is 4.79 Å². The number of carbonyl (C=O) groups is 1. The molecule has 1 aliphatic rings. The van der Waals surface area contributed by atoms with E-state index in [1.54, 1.807) is 13.0 Å². The van der Waals surface area contributed by atoms with Crippen LogP contribution in [0.15, 0.2) is 12.1 Å². The van der Waals surface area contributed by atoms with Crippen molar-refractivity contribution >= 4 is 17.3 Å². The number of carbonyl (C=O) groups excluding carboxylic acids is 1. The summed E-state index contributed by atoms with van der Waals surface area (Å²) in [6, 6.07) is 2.95. The number of nitrogen functional groups attached to an aromatic ring is 1. The highest BCUT2D eigenvalue weighted by Gasteiger charge is 2.20. The first-order valence-electron chi connectivity index (χ1n) is 7.25. The summed E-state index contributed by atoms with van der Waals surface area (Å²) in [5, 5.41) is 0. The summed E-state index contributed by atoms with van der Waals surface area (Å²) < 4.78 is 19.0. The van der Waals surface area contributed by atoms with Gasteiger partial charge >= 0.3 is 0 Å². The van der Waals surface area contributed by atoms with Crippen LogP contribution < -0.4 is 15.4 Å². The monoisotopic (exact) mass is 295 g/mol. The molecule has 0 aliphatic carbocycles. The zero-order valence-corrected chi connectivity index (χ0v) is 12.6. The molecular weight excluding hydrogens is 273 g/mol. The van der Waals surface area contributed by atoms with Crippen molar-refractivity contribution in [3.05, 3.63) is 17.9 Å². The van der Waals surface area contributed by atoms with E-state index in [2.05, 4.69) is 4.90 Å². The minimum atomic E-state index is -0.446. The predicted molar refractivity (Wildman–Crippen MR) is 81.1 cm³/mol. The summed E-state index contributed by atoms with van der Waals surface area (Å²) in [5.41, 5.74) is 7.11. The molecule has 0 saturated carbocycles. The zero-order valence-electron chi connectivity index (χ0n) is 12.6. The Morgan fingerprint density at radius 3 is 2.76 bits per heavy atom. The molecule has 116 valence electrons. The molecule has 0 aromatic heterocycles. The molecule has 1 heterocycles. The average Bonchev–Trinajstić information content (AvgIpc) is 2.68. The number of nitrogens with two attached hydrogens (primary N) is 1. The maximum absolute atomic E-state index is 13.8. The number of hydrogen-bond acceptors (Lipinski definition) is 4. The molecule has 0 spiro atoms. The molecule has 1 fully saturated rings. The van der Waals surface area contributed by atoms with E-state index in [4.69, 9.17) is 10.5 Å². The standard InChI is InChI=1S/C15H22FN3O2/c1-3-21-15-10-14(13(17)9-12(15)16)19-6-4-5-18(7-8-19)11(2)20/h9-10H,3-8,17H2,1-2H3. The van der Waals surface area contributed by atoms with Crippen molar-refractivity contribution in [1.29, 1.82) is 0 Å². The van der Waals surface area contributed by atoms with Crippen LogP contribution in [0.4, 0.5) is 15.8 Å². The van der Waals surface area contributed by atoms with Crippen LogP contribution in [0.3, 0.4) is 0 Å². The highest BCUT2D eigenvalue weighted by Crippen LogP contribution is 2.31. The fourth-order valence-corrected chi connectivity index (χ4v) is 2.57. The molecule has 1 aromatic carbocycles. The molecule has 0 atom stereocenters. The van der Waals surface area contributed by atoms with E-state index in [9.17, 15) is 9.18 Å². The third-order valence-corrected chi connectivity index (χ3v) is 3.66. The molecule has 1 amide bonds. The van der Waals surface area contributed by atoms with Gasteiger partial charge in [-0.05, 0) is 13.3 Å². The van der Waals surface area contributed by atoms with Crippen LogP contribution in [-0.2, 0) is 4.79 Å². The molecule has 2 N–H and O–H groups in total. The molecule has 0 unspecified atom stereocenters. The normalized spacial score (nSPS) is 15.8. The van der Waals surface area contributed by atoms with Crippen molar-refractivity contribution in [3.63, 3.8) is 0 Å². The fourth-order valence-electron chi connectivity index (χ4n) is 2.57. The number of nitrogens with zero attached hydrogens (tertiary/aromatic N) is 2. The number of hydrogen-bond donors (Lipinski definition) is 1. The van der Waals surface area contributed by atoms with E-state index in [-0.39, 0.29) is 11.7 Å². The van der Waals surface area contributed by atoms with Crippen molar-refractivity contribution < 1.29 is 13.9 Å². The Morgan fingerprint density at radius 2 is 2.10 bits per heavy atom. The summed E-state index contributed by atoms with van der Waals surface area (Å²) in [5.74, 6) is -0.147. The number of ether oxygens (including phenoxy) is 1. The van der Waals surface area contributed by atoms with Gasteiger partial charge in [-0.1, -0.05) is 0 Å². The lowest BCUT2D eigenvalue weighted by Crippen LogP contribution is -2.33. The minimum Gasteiger partial charge on any atom is -0.491 e. The van der Waals surface area contributed by atoms with Crippen molar-refractivity contribution in [3.8, 4) is 5.75 Å². The van der Waals surface area contributed by atoms with Crippen molar-refractivity contribution in [2.45, 2.75) is 20.3 Å². The van der Waals surface area contributed by atoms with Gasteiger partial charge in [-0.25, -0.2) is 4.39 Å². The molecule has 6 heteroatoms. The quantitative estimate of drug-likeness (QED) is 0.865. The van der Waals surface area contributed by atoms with E-state index in [0.29, 0.717) is 25.4 Å². The smallest absolute Gasteiger partial charge is 0.219 e. The second kappa shape index (κ2) is 6.65.